The van der Waals surface area contributed by atoms with E-state index in [9.17, 15) is 9.90 Å². The molecule has 114 valence electrons. The van der Waals surface area contributed by atoms with Gasteiger partial charge in [0.1, 0.15) is 5.75 Å². The van der Waals surface area contributed by atoms with Crippen molar-refractivity contribution in [3.05, 3.63) is 23.8 Å². The molecule has 6 heteroatoms. The van der Waals surface area contributed by atoms with Crippen molar-refractivity contribution in [2.24, 2.45) is 0 Å². The van der Waals surface area contributed by atoms with Crippen LogP contribution >= 0.6 is 0 Å². The molecular weight excluding hydrogens is 269 g/mol. The monoisotopic (exact) mass is 291 g/mol. The third kappa shape index (κ3) is 2.78. The molecule has 1 aliphatic heterocycles. The average Bonchev–Trinajstić information content (AvgIpc) is 2.57. The highest BCUT2D eigenvalue weighted by Crippen LogP contribution is 2.37. The highest BCUT2D eigenvalue weighted by atomic mass is 16.7. The number of phenolic OH excluding ortho intramolecular Hbond substituents is 1. The van der Waals surface area contributed by atoms with Crippen molar-refractivity contribution in [2.45, 2.75) is 38.9 Å². The largest absolute Gasteiger partial charge is 0.508 e. The number of rotatable bonds is 2. The summed E-state index contributed by atoms with van der Waals surface area (Å²) >= 11 is 0. The van der Waals surface area contributed by atoms with Gasteiger partial charge < -0.3 is 19.3 Å². The smallest absolute Gasteiger partial charge is 0.498 e. The molecule has 0 radical (unpaired) electrons. The van der Waals surface area contributed by atoms with Crippen LogP contribution in [0.2, 0.25) is 0 Å². The highest BCUT2D eigenvalue weighted by Gasteiger charge is 2.52. The number of carbonyl (C=O) groups excluding carboxylic acids is 1. The Morgan fingerprint density at radius 3 is 2.14 bits per heavy atom. The van der Waals surface area contributed by atoms with Gasteiger partial charge in [-0.2, -0.15) is 0 Å². The van der Waals surface area contributed by atoms with Crippen LogP contribution in [0.25, 0.3) is 0 Å². The second-order valence-corrected chi connectivity index (χ2v) is 6.56. The summed E-state index contributed by atoms with van der Waals surface area (Å²) in [5, 5.41) is 10.1. The number of benzene rings is 1. The SMILES string of the molecule is CN(C)C(=O)c1ccc(O)c(B2OC(C)(C)C(C)(C)O2)c1. The molecule has 1 saturated heterocycles. The van der Waals surface area contributed by atoms with Gasteiger partial charge in [0.25, 0.3) is 5.91 Å². The van der Waals surface area contributed by atoms with E-state index in [4.69, 9.17) is 9.31 Å². The molecule has 0 saturated carbocycles. The number of hydrogen-bond acceptors (Lipinski definition) is 4. The van der Waals surface area contributed by atoms with Crippen LogP contribution in [-0.2, 0) is 9.31 Å². The molecule has 0 unspecified atom stereocenters. The lowest BCUT2D eigenvalue weighted by Gasteiger charge is -2.32. The van der Waals surface area contributed by atoms with Crippen LogP contribution in [0.15, 0.2) is 18.2 Å². The van der Waals surface area contributed by atoms with Crippen molar-refractivity contribution >= 4 is 18.5 Å². The average molecular weight is 291 g/mol. The Labute approximate surface area is 126 Å². The fourth-order valence-corrected chi connectivity index (χ4v) is 2.10. The normalized spacial score (nSPS) is 19.6. The van der Waals surface area contributed by atoms with E-state index < -0.39 is 18.3 Å². The second kappa shape index (κ2) is 5.03. The highest BCUT2D eigenvalue weighted by molar-refractivity contribution is 6.63. The maximum absolute atomic E-state index is 12.0. The Hall–Kier alpha value is -1.53. The topological polar surface area (TPSA) is 59.0 Å². The molecule has 0 aliphatic carbocycles. The Balaban J connectivity index is 2.37. The van der Waals surface area contributed by atoms with E-state index in [1.165, 1.54) is 11.0 Å². The van der Waals surface area contributed by atoms with Crippen molar-refractivity contribution in [3.8, 4) is 5.75 Å². The molecule has 1 heterocycles. The van der Waals surface area contributed by atoms with Gasteiger partial charge in [0.05, 0.1) is 11.2 Å². The van der Waals surface area contributed by atoms with Crippen molar-refractivity contribution in [1.29, 1.82) is 0 Å². The lowest BCUT2D eigenvalue weighted by Crippen LogP contribution is -2.41. The van der Waals surface area contributed by atoms with E-state index in [0.29, 0.717) is 11.0 Å². The molecule has 21 heavy (non-hydrogen) atoms. The summed E-state index contributed by atoms with van der Waals surface area (Å²) in [4.78, 5) is 13.5. The van der Waals surface area contributed by atoms with Gasteiger partial charge in [-0.15, -0.1) is 0 Å². The van der Waals surface area contributed by atoms with E-state index in [2.05, 4.69) is 0 Å². The van der Waals surface area contributed by atoms with E-state index in [-0.39, 0.29) is 11.7 Å². The standard InChI is InChI=1S/C15H22BNO4/c1-14(2)15(3,4)21-16(20-14)11-9-10(7-8-12(11)18)13(19)17(5)6/h7-9,18H,1-6H3. The van der Waals surface area contributed by atoms with Gasteiger partial charge in [-0.05, 0) is 45.9 Å². The Kier molecular flexibility index (Phi) is 3.80. The van der Waals surface area contributed by atoms with Crippen LogP contribution in [-0.4, -0.2) is 48.3 Å². The van der Waals surface area contributed by atoms with Crippen LogP contribution in [0.4, 0.5) is 0 Å². The third-order valence-corrected chi connectivity index (χ3v) is 4.19. The Bertz CT molecular complexity index is 553. The number of phenols is 1. The summed E-state index contributed by atoms with van der Waals surface area (Å²) in [7, 11) is 2.68. The molecule has 1 aliphatic rings. The summed E-state index contributed by atoms with van der Waals surface area (Å²) < 4.78 is 11.8. The Morgan fingerprint density at radius 1 is 1.14 bits per heavy atom. The minimum Gasteiger partial charge on any atom is -0.508 e. The molecular formula is C15H22BNO4. The molecule has 0 bridgehead atoms. The number of hydrogen-bond donors (Lipinski definition) is 1. The van der Waals surface area contributed by atoms with Gasteiger partial charge >= 0.3 is 7.12 Å². The first kappa shape index (κ1) is 15.9. The zero-order valence-electron chi connectivity index (χ0n) is 13.4. The van der Waals surface area contributed by atoms with Gasteiger partial charge in [0.2, 0.25) is 0 Å². The lowest BCUT2D eigenvalue weighted by molar-refractivity contribution is 0.00578. The van der Waals surface area contributed by atoms with Crippen molar-refractivity contribution < 1.29 is 19.2 Å². The molecule has 1 N–H and O–H groups in total. The molecule has 1 aromatic carbocycles. The van der Waals surface area contributed by atoms with Gasteiger partial charge in [0.15, 0.2) is 0 Å². The maximum Gasteiger partial charge on any atom is 0.498 e. The van der Waals surface area contributed by atoms with Crippen LogP contribution in [0.3, 0.4) is 0 Å². The molecule has 1 amide bonds. The molecule has 1 aromatic rings. The van der Waals surface area contributed by atoms with Crippen LogP contribution in [0, 0.1) is 0 Å². The number of aromatic hydroxyl groups is 1. The summed E-state index contributed by atoms with van der Waals surface area (Å²) in [5.41, 5.74) is -0.0268. The van der Waals surface area contributed by atoms with E-state index in [0.717, 1.165) is 0 Å². The first-order valence-electron chi connectivity index (χ1n) is 6.95. The van der Waals surface area contributed by atoms with E-state index >= 15 is 0 Å². The second-order valence-electron chi connectivity index (χ2n) is 6.56. The molecule has 1 fully saturated rings. The molecule has 0 atom stereocenters. The molecule has 0 spiro atoms. The van der Waals surface area contributed by atoms with Crippen molar-refractivity contribution in [3.63, 3.8) is 0 Å². The first-order chi connectivity index (χ1) is 9.55. The molecule has 2 rings (SSSR count). The van der Waals surface area contributed by atoms with Gasteiger partial charge in [-0.1, -0.05) is 0 Å². The van der Waals surface area contributed by atoms with Crippen molar-refractivity contribution in [2.75, 3.05) is 14.1 Å². The summed E-state index contributed by atoms with van der Waals surface area (Å²) in [6.07, 6.45) is 0. The summed E-state index contributed by atoms with van der Waals surface area (Å²) in [6.45, 7) is 7.77. The maximum atomic E-state index is 12.0. The minimum absolute atomic E-state index is 0.0591. The van der Waals surface area contributed by atoms with Gasteiger partial charge in [-0.3, -0.25) is 4.79 Å². The quantitative estimate of drug-likeness (QED) is 0.837. The molecule has 5 nitrogen and oxygen atoms in total. The number of nitrogens with zero attached hydrogens (tertiary/aromatic N) is 1. The lowest BCUT2D eigenvalue weighted by atomic mass is 9.77. The number of amides is 1. The Morgan fingerprint density at radius 2 is 1.67 bits per heavy atom. The molecule has 0 aromatic heterocycles. The zero-order chi connectivity index (χ0) is 16.0. The number of carbonyl (C=O) groups is 1. The van der Waals surface area contributed by atoms with E-state index in [1.54, 1.807) is 26.2 Å². The van der Waals surface area contributed by atoms with Crippen LogP contribution in [0.1, 0.15) is 38.1 Å². The third-order valence-electron chi connectivity index (χ3n) is 4.19. The minimum atomic E-state index is -0.690. The van der Waals surface area contributed by atoms with Crippen LogP contribution in [0.5, 0.6) is 5.75 Å². The predicted molar refractivity (Wildman–Crippen MR) is 81.8 cm³/mol. The van der Waals surface area contributed by atoms with Crippen LogP contribution < -0.4 is 5.46 Å². The predicted octanol–water partition coefficient (Wildman–Crippen LogP) is 1.39. The van der Waals surface area contributed by atoms with Gasteiger partial charge in [-0.25, -0.2) is 0 Å². The fraction of sp³-hybridized carbons (Fsp3) is 0.533. The van der Waals surface area contributed by atoms with E-state index in [1.807, 2.05) is 27.7 Å². The zero-order valence-corrected chi connectivity index (χ0v) is 13.4. The first-order valence-corrected chi connectivity index (χ1v) is 6.95. The fourth-order valence-electron chi connectivity index (χ4n) is 2.10. The van der Waals surface area contributed by atoms with Gasteiger partial charge in [0, 0.05) is 25.1 Å². The summed E-state index contributed by atoms with van der Waals surface area (Å²) in [5.74, 6) is -0.0726. The van der Waals surface area contributed by atoms with Crippen molar-refractivity contribution in [1.82, 2.24) is 4.90 Å². The summed E-state index contributed by atoms with van der Waals surface area (Å²) in [6, 6.07) is 4.71.